The van der Waals surface area contributed by atoms with Gasteiger partial charge in [0.2, 0.25) is 5.95 Å². The van der Waals surface area contributed by atoms with Gasteiger partial charge in [0, 0.05) is 26.2 Å². The number of fused-ring (bicyclic) bond motifs is 1. The molecule has 0 spiro atoms. The molecule has 0 bridgehead atoms. The third-order valence-electron chi connectivity index (χ3n) is 3.89. The van der Waals surface area contributed by atoms with Crippen LogP contribution < -0.4 is 15.4 Å². The molecule has 2 aromatic heterocycles. The van der Waals surface area contributed by atoms with Crippen LogP contribution in [0.3, 0.4) is 0 Å². The molecule has 1 aromatic carbocycles. The van der Waals surface area contributed by atoms with E-state index >= 15 is 0 Å². The summed E-state index contributed by atoms with van der Waals surface area (Å²) in [6, 6.07) is 7.74. The predicted molar refractivity (Wildman–Crippen MR) is 91.6 cm³/mol. The number of anilines is 2. The molecule has 2 N–H and O–H groups in total. The molecule has 0 radical (unpaired) electrons. The molecule has 2 heterocycles. The lowest BCUT2D eigenvalue weighted by Gasteiger charge is -2.15. The fourth-order valence-corrected chi connectivity index (χ4v) is 2.39. The quantitative estimate of drug-likeness (QED) is 0.794. The van der Waals surface area contributed by atoms with Crippen LogP contribution >= 0.6 is 0 Å². The van der Waals surface area contributed by atoms with Gasteiger partial charge in [-0.2, -0.15) is 10.1 Å². The topological polar surface area (TPSA) is 82.1 Å². The van der Waals surface area contributed by atoms with Crippen molar-refractivity contribution in [2.45, 2.75) is 6.92 Å². The number of nitrogens with two attached hydrogens (primary N) is 1. The number of aryl methyl sites for hydroxylation is 1. The second kappa shape index (κ2) is 5.75. The van der Waals surface area contributed by atoms with Gasteiger partial charge >= 0.3 is 0 Å². The lowest BCUT2D eigenvalue weighted by atomic mass is 10.1. The molecular formula is C16H20N6O. The summed E-state index contributed by atoms with van der Waals surface area (Å²) in [7, 11) is 5.39. The minimum absolute atomic E-state index is 0.545. The minimum atomic E-state index is 0.545. The molecule has 3 rings (SSSR count). The van der Waals surface area contributed by atoms with E-state index in [9.17, 15) is 0 Å². The number of rotatable bonds is 4. The molecule has 0 atom stereocenters. The fraction of sp³-hybridized carbons (Fsp3) is 0.312. The molecule has 7 heteroatoms. The Kier molecular flexibility index (Phi) is 3.77. The van der Waals surface area contributed by atoms with E-state index in [-0.39, 0.29) is 0 Å². The van der Waals surface area contributed by atoms with Gasteiger partial charge in [0.25, 0.3) is 0 Å². The molecule has 120 valence electrons. The molecule has 0 unspecified atom stereocenters. The number of benzene rings is 1. The Balaban J connectivity index is 2.31. The molecular weight excluding hydrogens is 292 g/mol. The summed E-state index contributed by atoms with van der Waals surface area (Å²) in [6.07, 6.45) is 0. The third kappa shape index (κ3) is 2.54. The molecule has 0 amide bonds. The number of nitrogens with zero attached hydrogens (tertiary/aromatic N) is 5. The van der Waals surface area contributed by atoms with E-state index < -0.39 is 0 Å². The van der Waals surface area contributed by atoms with Gasteiger partial charge in [-0.1, -0.05) is 12.1 Å². The van der Waals surface area contributed by atoms with Crippen molar-refractivity contribution in [2.75, 3.05) is 31.3 Å². The van der Waals surface area contributed by atoms with Crippen molar-refractivity contribution in [1.29, 1.82) is 0 Å². The maximum absolute atomic E-state index is 6.18. The minimum Gasteiger partial charge on any atom is -0.497 e. The zero-order chi connectivity index (χ0) is 16.6. The Morgan fingerprint density at radius 1 is 1.30 bits per heavy atom. The highest BCUT2D eigenvalue weighted by molar-refractivity contribution is 5.99. The molecule has 0 aliphatic carbocycles. The Morgan fingerprint density at radius 3 is 2.78 bits per heavy atom. The summed E-state index contributed by atoms with van der Waals surface area (Å²) in [6.45, 7) is 2.84. The van der Waals surface area contributed by atoms with Crippen molar-refractivity contribution in [3.05, 3.63) is 24.3 Å². The molecule has 0 saturated heterocycles. The van der Waals surface area contributed by atoms with Crippen LogP contribution in [0.25, 0.3) is 22.3 Å². The molecule has 23 heavy (non-hydrogen) atoms. The summed E-state index contributed by atoms with van der Waals surface area (Å²) in [4.78, 5) is 11.2. The SMILES string of the molecule is CCN(C)c1nc(-c2cccc(OC)c2)c2c(N)n(C)nc2n1. The first-order valence-electron chi connectivity index (χ1n) is 7.41. The standard InChI is InChI=1S/C16H20N6O/c1-5-21(2)16-18-13(10-7-6-8-11(9-10)23-4)12-14(17)22(3)20-15(12)19-16/h6-9H,5,17H2,1-4H3. The summed E-state index contributed by atoms with van der Waals surface area (Å²) in [5, 5.41) is 5.16. The number of hydrogen-bond acceptors (Lipinski definition) is 6. The van der Waals surface area contributed by atoms with Gasteiger partial charge in [0.1, 0.15) is 11.6 Å². The average Bonchev–Trinajstić information content (AvgIpc) is 2.87. The summed E-state index contributed by atoms with van der Waals surface area (Å²) < 4.78 is 6.94. The Labute approximate surface area is 134 Å². The van der Waals surface area contributed by atoms with E-state index in [2.05, 4.69) is 10.1 Å². The van der Waals surface area contributed by atoms with Crippen LogP contribution in [0, 0.1) is 0 Å². The fourth-order valence-electron chi connectivity index (χ4n) is 2.39. The molecule has 0 saturated carbocycles. The van der Waals surface area contributed by atoms with E-state index in [0.29, 0.717) is 17.4 Å². The third-order valence-corrected chi connectivity index (χ3v) is 3.89. The number of aromatic nitrogens is 4. The molecule has 3 aromatic rings. The van der Waals surface area contributed by atoms with Crippen molar-refractivity contribution in [1.82, 2.24) is 19.7 Å². The molecule has 0 fully saturated rings. The lowest BCUT2D eigenvalue weighted by Crippen LogP contribution is -2.19. The highest BCUT2D eigenvalue weighted by Gasteiger charge is 2.18. The molecule has 0 aliphatic heterocycles. The van der Waals surface area contributed by atoms with Crippen molar-refractivity contribution >= 4 is 22.8 Å². The number of ether oxygens (including phenoxy) is 1. The Morgan fingerprint density at radius 2 is 2.09 bits per heavy atom. The number of nitrogen functional groups attached to an aromatic ring is 1. The zero-order valence-corrected chi connectivity index (χ0v) is 13.7. The summed E-state index contributed by atoms with van der Waals surface area (Å²) >= 11 is 0. The van der Waals surface area contributed by atoms with Crippen molar-refractivity contribution in [2.24, 2.45) is 7.05 Å². The zero-order valence-electron chi connectivity index (χ0n) is 13.7. The van der Waals surface area contributed by atoms with E-state index in [4.69, 9.17) is 15.5 Å². The summed E-state index contributed by atoms with van der Waals surface area (Å²) in [5.74, 6) is 1.93. The maximum Gasteiger partial charge on any atom is 0.227 e. The normalized spacial score (nSPS) is 11.0. The smallest absolute Gasteiger partial charge is 0.227 e. The van der Waals surface area contributed by atoms with E-state index in [1.807, 2.05) is 43.1 Å². The van der Waals surface area contributed by atoms with E-state index in [0.717, 1.165) is 28.9 Å². The van der Waals surface area contributed by atoms with E-state index in [1.165, 1.54) is 0 Å². The summed E-state index contributed by atoms with van der Waals surface area (Å²) in [5.41, 5.74) is 8.45. The Hall–Kier alpha value is -2.83. The monoisotopic (exact) mass is 312 g/mol. The number of hydrogen-bond donors (Lipinski definition) is 1. The van der Waals surface area contributed by atoms with Crippen LogP contribution in [0.2, 0.25) is 0 Å². The van der Waals surface area contributed by atoms with Gasteiger partial charge in [-0.3, -0.25) is 4.68 Å². The van der Waals surface area contributed by atoms with Gasteiger partial charge in [0.15, 0.2) is 5.65 Å². The number of methoxy groups -OCH3 is 1. The van der Waals surface area contributed by atoms with Gasteiger partial charge in [0.05, 0.1) is 18.2 Å². The van der Waals surface area contributed by atoms with Crippen LogP contribution in [-0.2, 0) is 7.05 Å². The van der Waals surface area contributed by atoms with Crippen molar-refractivity contribution < 1.29 is 4.74 Å². The van der Waals surface area contributed by atoms with Crippen LogP contribution in [0.15, 0.2) is 24.3 Å². The largest absolute Gasteiger partial charge is 0.497 e. The van der Waals surface area contributed by atoms with E-state index in [1.54, 1.807) is 18.8 Å². The van der Waals surface area contributed by atoms with Gasteiger partial charge in [-0.05, 0) is 19.1 Å². The second-order valence-corrected chi connectivity index (χ2v) is 5.33. The van der Waals surface area contributed by atoms with Crippen molar-refractivity contribution in [3.63, 3.8) is 0 Å². The predicted octanol–water partition coefficient (Wildman–Crippen LogP) is 2.08. The van der Waals surface area contributed by atoms with Gasteiger partial charge in [-0.25, -0.2) is 4.98 Å². The van der Waals surface area contributed by atoms with Gasteiger partial charge in [-0.15, -0.1) is 0 Å². The van der Waals surface area contributed by atoms with Crippen LogP contribution in [-0.4, -0.2) is 40.5 Å². The average molecular weight is 312 g/mol. The second-order valence-electron chi connectivity index (χ2n) is 5.33. The maximum atomic E-state index is 6.18. The van der Waals surface area contributed by atoms with Crippen LogP contribution in [0.5, 0.6) is 5.75 Å². The highest BCUT2D eigenvalue weighted by atomic mass is 16.5. The molecule has 0 aliphatic rings. The first-order chi connectivity index (χ1) is 11.0. The van der Waals surface area contributed by atoms with Crippen LogP contribution in [0.4, 0.5) is 11.8 Å². The van der Waals surface area contributed by atoms with Gasteiger partial charge < -0.3 is 15.4 Å². The molecule has 7 nitrogen and oxygen atoms in total. The van der Waals surface area contributed by atoms with Crippen LogP contribution in [0.1, 0.15) is 6.92 Å². The lowest BCUT2D eigenvalue weighted by molar-refractivity contribution is 0.415. The first-order valence-corrected chi connectivity index (χ1v) is 7.41. The Bertz CT molecular complexity index is 857. The highest BCUT2D eigenvalue weighted by Crippen LogP contribution is 2.32. The first kappa shape index (κ1) is 15.1. The van der Waals surface area contributed by atoms with Crippen molar-refractivity contribution in [3.8, 4) is 17.0 Å².